The molecule has 8 heteroatoms. The van der Waals surface area contributed by atoms with Crippen LogP contribution in [0.4, 0.5) is 10.1 Å². The zero-order valence-corrected chi connectivity index (χ0v) is 16.3. The van der Waals surface area contributed by atoms with Crippen LogP contribution in [0.25, 0.3) is 0 Å². The molecule has 0 spiro atoms. The summed E-state index contributed by atoms with van der Waals surface area (Å²) in [5.41, 5.74) is 0.933. The molecule has 1 saturated heterocycles. The van der Waals surface area contributed by atoms with Gasteiger partial charge in [-0.25, -0.2) is 4.39 Å². The van der Waals surface area contributed by atoms with Gasteiger partial charge in [0.2, 0.25) is 5.91 Å². The Kier molecular flexibility index (Phi) is 6.89. The lowest BCUT2D eigenvalue weighted by Crippen LogP contribution is -2.51. The van der Waals surface area contributed by atoms with Crippen molar-refractivity contribution in [1.82, 2.24) is 10.2 Å². The summed E-state index contributed by atoms with van der Waals surface area (Å²) < 4.78 is 23.5. The number of anilines is 1. The van der Waals surface area contributed by atoms with Crippen molar-refractivity contribution >= 4 is 17.5 Å². The van der Waals surface area contributed by atoms with E-state index in [1.54, 1.807) is 48.4 Å². The van der Waals surface area contributed by atoms with Crippen LogP contribution in [0, 0.1) is 5.82 Å². The summed E-state index contributed by atoms with van der Waals surface area (Å²) in [4.78, 5) is 28.1. The van der Waals surface area contributed by atoms with Gasteiger partial charge in [-0.05, 0) is 48.5 Å². The standard InChI is InChI=1S/C21H24FN3O4/c1-28-18-6-8-19(9-7-18)29-15-20(26)23-14-21(27)25-12-10-24(11-13-25)17-4-2-16(22)3-5-17/h2-9H,10-15H2,1H3,(H,23,26). The summed E-state index contributed by atoms with van der Waals surface area (Å²) in [5.74, 6) is 0.478. The Morgan fingerprint density at radius 2 is 1.59 bits per heavy atom. The number of amides is 2. The van der Waals surface area contributed by atoms with Gasteiger partial charge in [0.05, 0.1) is 13.7 Å². The Hall–Kier alpha value is -3.29. The molecular formula is C21H24FN3O4. The molecule has 0 radical (unpaired) electrons. The topological polar surface area (TPSA) is 71.1 Å². The number of carbonyl (C=O) groups is 2. The first-order valence-electron chi connectivity index (χ1n) is 9.37. The Labute approximate surface area is 169 Å². The van der Waals surface area contributed by atoms with Gasteiger partial charge in [0.1, 0.15) is 17.3 Å². The predicted molar refractivity (Wildman–Crippen MR) is 107 cm³/mol. The number of piperazine rings is 1. The largest absolute Gasteiger partial charge is 0.497 e. The molecule has 0 atom stereocenters. The van der Waals surface area contributed by atoms with Gasteiger partial charge in [0.15, 0.2) is 6.61 Å². The van der Waals surface area contributed by atoms with E-state index in [0.29, 0.717) is 37.7 Å². The molecule has 1 fully saturated rings. The molecule has 1 aliphatic rings. The van der Waals surface area contributed by atoms with Crippen molar-refractivity contribution in [1.29, 1.82) is 0 Å². The minimum absolute atomic E-state index is 0.0681. The zero-order valence-electron chi connectivity index (χ0n) is 16.3. The third kappa shape index (κ3) is 5.84. The minimum Gasteiger partial charge on any atom is -0.497 e. The number of halogens is 1. The van der Waals surface area contributed by atoms with E-state index in [4.69, 9.17) is 9.47 Å². The molecular weight excluding hydrogens is 377 g/mol. The monoisotopic (exact) mass is 401 g/mol. The number of methoxy groups -OCH3 is 1. The second-order valence-electron chi connectivity index (χ2n) is 6.59. The van der Waals surface area contributed by atoms with Crippen LogP contribution in [-0.4, -0.2) is 63.2 Å². The van der Waals surface area contributed by atoms with Gasteiger partial charge in [-0.1, -0.05) is 0 Å². The first-order chi connectivity index (χ1) is 14.0. The molecule has 1 N–H and O–H groups in total. The Morgan fingerprint density at radius 3 is 2.21 bits per heavy atom. The van der Waals surface area contributed by atoms with E-state index in [1.807, 2.05) is 0 Å². The van der Waals surface area contributed by atoms with Crippen molar-refractivity contribution < 1.29 is 23.5 Å². The van der Waals surface area contributed by atoms with Crippen molar-refractivity contribution in [3.63, 3.8) is 0 Å². The molecule has 0 aliphatic carbocycles. The van der Waals surface area contributed by atoms with Gasteiger partial charge in [0, 0.05) is 31.9 Å². The lowest BCUT2D eigenvalue weighted by molar-refractivity contribution is -0.133. The summed E-state index contributed by atoms with van der Waals surface area (Å²) in [6, 6.07) is 13.2. The highest BCUT2D eigenvalue weighted by molar-refractivity contribution is 5.85. The number of rotatable bonds is 7. The Balaban J connectivity index is 1.37. The summed E-state index contributed by atoms with van der Waals surface area (Å²) in [6.07, 6.45) is 0. The maximum absolute atomic E-state index is 13.0. The molecule has 0 aromatic heterocycles. The summed E-state index contributed by atoms with van der Waals surface area (Å²) >= 11 is 0. The molecule has 0 saturated carbocycles. The second kappa shape index (κ2) is 9.77. The van der Waals surface area contributed by atoms with E-state index < -0.39 is 0 Å². The van der Waals surface area contributed by atoms with Crippen LogP contribution in [0.3, 0.4) is 0 Å². The molecule has 2 amide bonds. The van der Waals surface area contributed by atoms with Gasteiger partial charge in [-0.2, -0.15) is 0 Å². The van der Waals surface area contributed by atoms with Crippen LogP contribution in [0.2, 0.25) is 0 Å². The number of nitrogens with zero attached hydrogens (tertiary/aromatic N) is 2. The van der Waals surface area contributed by atoms with Gasteiger partial charge in [0.25, 0.3) is 5.91 Å². The molecule has 1 aliphatic heterocycles. The van der Waals surface area contributed by atoms with Crippen molar-refractivity contribution in [3.8, 4) is 11.5 Å². The first kappa shape index (κ1) is 20.4. The van der Waals surface area contributed by atoms with Crippen LogP contribution in [-0.2, 0) is 9.59 Å². The van der Waals surface area contributed by atoms with Crippen molar-refractivity contribution in [2.24, 2.45) is 0 Å². The van der Waals surface area contributed by atoms with E-state index in [0.717, 1.165) is 5.69 Å². The minimum atomic E-state index is -0.362. The summed E-state index contributed by atoms with van der Waals surface area (Å²) in [7, 11) is 1.57. The van der Waals surface area contributed by atoms with E-state index in [9.17, 15) is 14.0 Å². The van der Waals surface area contributed by atoms with E-state index in [1.165, 1.54) is 12.1 Å². The van der Waals surface area contributed by atoms with Crippen molar-refractivity contribution in [2.75, 3.05) is 51.3 Å². The maximum atomic E-state index is 13.0. The maximum Gasteiger partial charge on any atom is 0.258 e. The third-order valence-electron chi connectivity index (χ3n) is 4.69. The molecule has 0 unspecified atom stereocenters. The van der Waals surface area contributed by atoms with Crippen LogP contribution >= 0.6 is 0 Å². The fourth-order valence-corrected chi connectivity index (χ4v) is 3.02. The molecule has 3 rings (SSSR count). The van der Waals surface area contributed by atoms with Gasteiger partial charge in [-0.15, -0.1) is 0 Å². The number of hydrogen-bond acceptors (Lipinski definition) is 5. The lowest BCUT2D eigenvalue weighted by Gasteiger charge is -2.36. The molecule has 2 aromatic carbocycles. The van der Waals surface area contributed by atoms with Crippen molar-refractivity contribution in [2.45, 2.75) is 0 Å². The molecule has 2 aromatic rings. The predicted octanol–water partition coefficient (Wildman–Crippen LogP) is 1.68. The first-order valence-corrected chi connectivity index (χ1v) is 9.37. The van der Waals surface area contributed by atoms with E-state index in [-0.39, 0.29) is 30.8 Å². The number of benzene rings is 2. The summed E-state index contributed by atoms with van der Waals surface area (Å²) in [5, 5.41) is 2.59. The van der Waals surface area contributed by atoms with Gasteiger partial charge < -0.3 is 24.6 Å². The average molecular weight is 401 g/mol. The van der Waals surface area contributed by atoms with Gasteiger partial charge >= 0.3 is 0 Å². The third-order valence-corrected chi connectivity index (χ3v) is 4.69. The highest BCUT2D eigenvalue weighted by Crippen LogP contribution is 2.17. The van der Waals surface area contributed by atoms with Crippen molar-refractivity contribution in [3.05, 3.63) is 54.3 Å². The van der Waals surface area contributed by atoms with E-state index in [2.05, 4.69) is 10.2 Å². The normalized spacial score (nSPS) is 13.7. The fraction of sp³-hybridized carbons (Fsp3) is 0.333. The summed E-state index contributed by atoms with van der Waals surface area (Å²) in [6.45, 7) is 2.18. The lowest BCUT2D eigenvalue weighted by atomic mass is 10.2. The SMILES string of the molecule is COc1ccc(OCC(=O)NCC(=O)N2CCN(c3ccc(F)cc3)CC2)cc1. The fourth-order valence-electron chi connectivity index (χ4n) is 3.02. The van der Waals surface area contributed by atoms with Crippen LogP contribution in [0.5, 0.6) is 11.5 Å². The highest BCUT2D eigenvalue weighted by atomic mass is 19.1. The molecule has 1 heterocycles. The number of hydrogen-bond donors (Lipinski definition) is 1. The second-order valence-corrected chi connectivity index (χ2v) is 6.59. The zero-order chi connectivity index (χ0) is 20.6. The van der Waals surface area contributed by atoms with E-state index >= 15 is 0 Å². The smallest absolute Gasteiger partial charge is 0.258 e. The Morgan fingerprint density at radius 1 is 0.966 bits per heavy atom. The molecule has 0 bridgehead atoms. The molecule has 29 heavy (non-hydrogen) atoms. The number of ether oxygens (including phenoxy) is 2. The average Bonchev–Trinajstić information content (AvgIpc) is 2.77. The quantitative estimate of drug-likeness (QED) is 0.765. The van der Waals surface area contributed by atoms with Gasteiger partial charge in [-0.3, -0.25) is 9.59 Å². The molecule has 154 valence electrons. The van der Waals surface area contributed by atoms with Crippen LogP contribution in [0.15, 0.2) is 48.5 Å². The Bertz CT molecular complexity index is 819. The van der Waals surface area contributed by atoms with Crippen LogP contribution in [0.1, 0.15) is 0 Å². The number of carbonyl (C=O) groups excluding carboxylic acids is 2. The highest BCUT2D eigenvalue weighted by Gasteiger charge is 2.21. The number of nitrogens with one attached hydrogen (secondary N) is 1. The van der Waals surface area contributed by atoms with Crippen LogP contribution < -0.4 is 19.7 Å². The molecule has 7 nitrogen and oxygen atoms in total.